The third-order valence-electron chi connectivity index (χ3n) is 5.54. The molecule has 0 unspecified atom stereocenters. The molecule has 1 fully saturated rings. The summed E-state index contributed by atoms with van der Waals surface area (Å²) in [6.07, 6.45) is 1.98. The molecule has 0 saturated carbocycles. The molecule has 6 nitrogen and oxygen atoms in total. The summed E-state index contributed by atoms with van der Waals surface area (Å²) in [5.74, 6) is 0.996. The molecular weight excluding hydrogens is 364 g/mol. The lowest BCUT2D eigenvalue weighted by Crippen LogP contribution is -2.50. The number of piperazine rings is 1. The van der Waals surface area contributed by atoms with E-state index in [1.54, 1.807) is 0 Å². The molecule has 0 radical (unpaired) electrons. The molecule has 1 aromatic heterocycles. The highest BCUT2D eigenvalue weighted by Gasteiger charge is 2.24. The molecule has 1 aliphatic heterocycles. The molecule has 1 N–H and O–H groups in total. The topological polar surface area (TPSA) is 69.3 Å². The molecule has 4 rings (SSSR count). The van der Waals surface area contributed by atoms with Crippen molar-refractivity contribution in [3.63, 3.8) is 0 Å². The second kappa shape index (κ2) is 8.47. The van der Waals surface area contributed by atoms with Gasteiger partial charge in [0.15, 0.2) is 0 Å². The van der Waals surface area contributed by atoms with Gasteiger partial charge in [0.1, 0.15) is 5.82 Å². The molecule has 6 heteroatoms. The number of fused-ring (bicyclic) bond motifs is 1. The Balaban J connectivity index is 1.28. The van der Waals surface area contributed by atoms with Crippen LogP contribution in [0.3, 0.4) is 0 Å². The van der Waals surface area contributed by atoms with Crippen molar-refractivity contribution >= 4 is 22.8 Å². The number of hydrogen-bond donors (Lipinski definition) is 1. The molecule has 0 bridgehead atoms. The highest BCUT2D eigenvalue weighted by molar-refractivity contribution is 5.94. The van der Waals surface area contributed by atoms with E-state index < -0.39 is 0 Å². The Bertz CT molecular complexity index is 968. The SMILES string of the molecule is CCc1ccc(C(=O)N2CCN(C(=O)CCc3nc4ccccc4[nH]3)CC2)cc1. The number of nitrogens with one attached hydrogen (secondary N) is 1. The van der Waals surface area contributed by atoms with Crippen molar-refractivity contribution in [2.45, 2.75) is 26.2 Å². The van der Waals surface area contributed by atoms with Crippen LogP contribution in [0.5, 0.6) is 0 Å². The maximum Gasteiger partial charge on any atom is 0.253 e. The Hall–Kier alpha value is -3.15. The standard InChI is InChI=1S/C23H26N4O2/c1-2-17-7-9-18(10-8-17)23(29)27-15-13-26(14-16-27)22(28)12-11-21-24-19-5-3-4-6-20(19)25-21/h3-10H,2,11-16H2,1H3,(H,24,25). The number of benzene rings is 2. The summed E-state index contributed by atoms with van der Waals surface area (Å²) in [6.45, 7) is 4.41. The first-order valence-electron chi connectivity index (χ1n) is 10.2. The number of amides is 2. The Labute approximate surface area is 170 Å². The minimum Gasteiger partial charge on any atom is -0.342 e. The molecular formula is C23H26N4O2. The molecule has 2 amide bonds. The third-order valence-corrected chi connectivity index (χ3v) is 5.54. The number of aromatic nitrogens is 2. The maximum atomic E-state index is 12.7. The van der Waals surface area contributed by atoms with E-state index in [9.17, 15) is 9.59 Å². The average molecular weight is 390 g/mol. The molecule has 2 heterocycles. The lowest BCUT2D eigenvalue weighted by atomic mass is 10.1. The lowest BCUT2D eigenvalue weighted by molar-refractivity contribution is -0.132. The van der Waals surface area contributed by atoms with Crippen molar-refractivity contribution in [3.8, 4) is 0 Å². The Morgan fingerprint density at radius 2 is 1.66 bits per heavy atom. The second-order valence-corrected chi connectivity index (χ2v) is 7.42. The van der Waals surface area contributed by atoms with E-state index in [2.05, 4.69) is 16.9 Å². The number of aryl methyl sites for hydroxylation is 2. The molecule has 0 spiro atoms. The summed E-state index contributed by atoms with van der Waals surface area (Å²) in [5, 5.41) is 0. The minimum absolute atomic E-state index is 0.0435. The van der Waals surface area contributed by atoms with E-state index in [1.807, 2.05) is 58.3 Å². The van der Waals surface area contributed by atoms with Gasteiger partial charge in [-0.25, -0.2) is 4.98 Å². The van der Waals surface area contributed by atoms with Crippen molar-refractivity contribution in [1.29, 1.82) is 0 Å². The van der Waals surface area contributed by atoms with Crippen LogP contribution in [0.1, 0.15) is 35.1 Å². The van der Waals surface area contributed by atoms with Crippen LogP contribution >= 0.6 is 0 Å². The van der Waals surface area contributed by atoms with Gasteiger partial charge in [0.25, 0.3) is 5.91 Å². The van der Waals surface area contributed by atoms with Crippen molar-refractivity contribution in [2.24, 2.45) is 0 Å². The van der Waals surface area contributed by atoms with Crippen LogP contribution < -0.4 is 0 Å². The summed E-state index contributed by atoms with van der Waals surface area (Å²) in [5.41, 5.74) is 3.86. The van der Waals surface area contributed by atoms with Crippen molar-refractivity contribution in [1.82, 2.24) is 19.8 Å². The molecule has 1 aliphatic rings. The van der Waals surface area contributed by atoms with E-state index in [1.165, 1.54) is 5.56 Å². The predicted octanol–water partition coefficient (Wildman–Crippen LogP) is 3.04. The summed E-state index contributed by atoms with van der Waals surface area (Å²) in [6, 6.07) is 15.7. The van der Waals surface area contributed by atoms with E-state index in [4.69, 9.17) is 0 Å². The van der Waals surface area contributed by atoms with Crippen LogP contribution in [0.4, 0.5) is 0 Å². The number of para-hydroxylation sites is 2. The normalized spacial score (nSPS) is 14.4. The predicted molar refractivity (Wildman–Crippen MR) is 113 cm³/mol. The summed E-state index contributed by atoms with van der Waals surface area (Å²) in [4.78, 5) is 36.8. The Morgan fingerprint density at radius 1 is 0.966 bits per heavy atom. The summed E-state index contributed by atoms with van der Waals surface area (Å²) >= 11 is 0. The van der Waals surface area contributed by atoms with Gasteiger partial charge in [0.05, 0.1) is 11.0 Å². The first-order chi connectivity index (χ1) is 14.1. The van der Waals surface area contributed by atoms with Crippen LogP contribution in [0, 0.1) is 0 Å². The van der Waals surface area contributed by atoms with Gasteiger partial charge < -0.3 is 14.8 Å². The number of hydrogen-bond acceptors (Lipinski definition) is 3. The monoisotopic (exact) mass is 390 g/mol. The van der Waals surface area contributed by atoms with E-state index in [-0.39, 0.29) is 11.8 Å². The fraction of sp³-hybridized carbons (Fsp3) is 0.348. The van der Waals surface area contributed by atoms with Gasteiger partial charge in [-0.05, 0) is 36.2 Å². The molecule has 3 aromatic rings. The lowest BCUT2D eigenvalue weighted by Gasteiger charge is -2.35. The highest BCUT2D eigenvalue weighted by atomic mass is 16.2. The summed E-state index contributed by atoms with van der Waals surface area (Å²) < 4.78 is 0. The van der Waals surface area contributed by atoms with Crippen LogP contribution in [0.25, 0.3) is 11.0 Å². The average Bonchev–Trinajstić information content (AvgIpc) is 3.20. The van der Waals surface area contributed by atoms with Crippen LogP contribution in [-0.4, -0.2) is 57.8 Å². The summed E-state index contributed by atoms with van der Waals surface area (Å²) in [7, 11) is 0. The Kier molecular flexibility index (Phi) is 5.60. The van der Waals surface area contributed by atoms with E-state index >= 15 is 0 Å². The van der Waals surface area contributed by atoms with Crippen molar-refractivity contribution < 1.29 is 9.59 Å². The van der Waals surface area contributed by atoms with Gasteiger partial charge in [-0.15, -0.1) is 0 Å². The molecule has 0 atom stereocenters. The van der Waals surface area contributed by atoms with Gasteiger partial charge in [-0.2, -0.15) is 0 Å². The smallest absolute Gasteiger partial charge is 0.253 e. The Morgan fingerprint density at radius 3 is 2.34 bits per heavy atom. The van der Waals surface area contributed by atoms with Crippen molar-refractivity contribution in [2.75, 3.05) is 26.2 Å². The van der Waals surface area contributed by atoms with Gasteiger partial charge in [0, 0.05) is 44.6 Å². The maximum absolute atomic E-state index is 12.7. The molecule has 1 saturated heterocycles. The number of rotatable bonds is 5. The minimum atomic E-state index is 0.0435. The number of carbonyl (C=O) groups excluding carboxylic acids is 2. The van der Waals surface area contributed by atoms with Crippen LogP contribution in [0.2, 0.25) is 0 Å². The van der Waals surface area contributed by atoms with Crippen molar-refractivity contribution in [3.05, 3.63) is 65.5 Å². The van der Waals surface area contributed by atoms with Gasteiger partial charge in [-0.1, -0.05) is 31.2 Å². The number of aromatic amines is 1. The molecule has 0 aliphatic carbocycles. The zero-order valence-electron chi connectivity index (χ0n) is 16.7. The fourth-order valence-electron chi connectivity index (χ4n) is 3.73. The van der Waals surface area contributed by atoms with Gasteiger partial charge in [-0.3, -0.25) is 9.59 Å². The third kappa shape index (κ3) is 4.31. The number of H-pyrrole nitrogens is 1. The molecule has 2 aromatic carbocycles. The van der Waals surface area contributed by atoms with Gasteiger partial charge in [0.2, 0.25) is 5.91 Å². The van der Waals surface area contributed by atoms with Crippen LogP contribution in [0.15, 0.2) is 48.5 Å². The zero-order chi connectivity index (χ0) is 20.2. The fourth-order valence-corrected chi connectivity index (χ4v) is 3.73. The highest BCUT2D eigenvalue weighted by Crippen LogP contribution is 2.14. The number of nitrogens with zero attached hydrogens (tertiary/aromatic N) is 3. The van der Waals surface area contributed by atoms with Crippen LogP contribution in [-0.2, 0) is 17.6 Å². The first kappa shape index (κ1) is 19.2. The quantitative estimate of drug-likeness (QED) is 0.728. The number of imidazole rings is 1. The second-order valence-electron chi connectivity index (χ2n) is 7.42. The first-order valence-corrected chi connectivity index (χ1v) is 10.2. The van der Waals surface area contributed by atoms with E-state index in [0.29, 0.717) is 44.6 Å². The zero-order valence-corrected chi connectivity index (χ0v) is 16.7. The molecule has 150 valence electrons. The van der Waals surface area contributed by atoms with Gasteiger partial charge >= 0.3 is 0 Å². The largest absolute Gasteiger partial charge is 0.342 e. The van der Waals surface area contributed by atoms with E-state index in [0.717, 1.165) is 23.3 Å². The molecule has 29 heavy (non-hydrogen) atoms. The number of carbonyl (C=O) groups is 2.